The van der Waals surface area contributed by atoms with Crippen LogP contribution in [0.3, 0.4) is 0 Å². The van der Waals surface area contributed by atoms with Crippen molar-refractivity contribution in [2.24, 2.45) is 0 Å². The van der Waals surface area contributed by atoms with E-state index in [2.05, 4.69) is 0 Å². The minimum absolute atomic E-state index is 0.0995. The number of benzene rings is 1. The Bertz CT molecular complexity index is 239. The summed E-state index contributed by atoms with van der Waals surface area (Å²) in [6.07, 6.45) is 0. The molecule has 0 fully saturated rings. The van der Waals surface area contributed by atoms with Crippen LogP contribution < -0.4 is 5.46 Å². The van der Waals surface area contributed by atoms with Gasteiger partial charge in [-0.3, -0.25) is 0 Å². The van der Waals surface area contributed by atoms with Crippen molar-refractivity contribution < 1.29 is 8.78 Å². The molecule has 0 nitrogen and oxygen atoms in total. The van der Waals surface area contributed by atoms with E-state index in [4.69, 9.17) is 19.4 Å². The lowest BCUT2D eigenvalue weighted by Crippen LogP contribution is -2.10. The van der Waals surface area contributed by atoms with Gasteiger partial charge in [-0.05, 0) is 11.5 Å². The summed E-state index contributed by atoms with van der Waals surface area (Å²) in [5, 5.41) is -0.0995. The molecule has 0 unspecified atom stereocenters. The van der Waals surface area contributed by atoms with Gasteiger partial charge in [0.2, 0.25) is 0 Å². The average Bonchev–Trinajstić information content (AvgIpc) is 1.82. The van der Waals surface area contributed by atoms with E-state index in [1.165, 1.54) is 0 Å². The highest BCUT2D eigenvalue weighted by molar-refractivity contribution is 6.45. The highest BCUT2D eigenvalue weighted by atomic mass is 35.5. The van der Waals surface area contributed by atoms with Crippen molar-refractivity contribution >= 4 is 24.9 Å². The first-order valence-corrected chi connectivity index (χ1v) is 2.89. The Morgan fingerprint density at radius 1 is 1.30 bits per heavy atom. The van der Waals surface area contributed by atoms with Gasteiger partial charge in [0.15, 0.2) is 0 Å². The zero-order valence-electron chi connectivity index (χ0n) is 4.87. The largest absolute Gasteiger partial charge is 0.207 e. The van der Waals surface area contributed by atoms with Gasteiger partial charge in [0, 0.05) is 11.1 Å². The molecule has 0 aliphatic rings. The Labute approximate surface area is 63.2 Å². The summed E-state index contributed by atoms with van der Waals surface area (Å²) >= 11 is 5.31. The maximum atomic E-state index is 12.4. The van der Waals surface area contributed by atoms with Gasteiger partial charge >= 0.3 is 0 Å². The SMILES string of the molecule is [B]c1c(F)cc(F)cc1Cl. The van der Waals surface area contributed by atoms with Crippen LogP contribution in [0.1, 0.15) is 0 Å². The molecular weight excluding hydrogens is 156 g/mol. The first-order valence-electron chi connectivity index (χ1n) is 2.51. The predicted octanol–water partition coefficient (Wildman–Crippen LogP) is 1.41. The van der Waals surface area contributed by atoms with E-state index in [-0.39, 0.29) is 10.5 Å². The number of hydrogen-bond donors (Lipinski definition) is 0. The Balaban J connectivity index is 3.31. The van der Waals surface area contributed by atoms with E-state index in [1.807, 2.05) is 0 Å². The fourth-order valence-electron chi connectivity index (χ4n) is 0.553. The van der Waals surface area contributed by atoms with Gasteiger partial charge in [0.05, 0.1) is 0 Å². The number of halogens is 3. The minimum atomic E-state index is -0.829. The fraction of sp³-hybridized carbons (Fsp3) is 0. The maximum Gasteiger partial charge on any atom is 0.127 e. The summed E-state index contributed by atoms with van der Waals surface area (Å²) < 4.78 is 24.6. The van der Waals surface area contributed by atoms with Crippen LogP contribution in [-0.2, 0) is 0 Å². The Morgan fingerprint density at radius 2 is 1.90 bits per heavy atom. The lowest BCUT2D eigenvalue weighted by atomic mass is 9.95. The molecule has 0 saturated carbocycles. The molecule has 4 heteroatoms. The molecule has 0 bridgehead atoms. The maximum absolute atomic E-state index is 12.4. The summed E-state index contributed by atoms with van der Waals surface area (Å²) in [7, 11) is 5.08. The van der Waals surface area contributed by atoms with Crippen molar-refractivity contribution in [3.63, 3.8) is 0 Å². The second kappa shape index (κ2) is 2.58. The molecule has 0 aromatic heterocycles. The summed E-state index contributed by atoms with van der Waals surface area (Å²) in [4.78, 5) is 0. The minimum Gasteiger partial charge on any atom is -0.207 e. The van der Waals surface area contributed by atoms with E-state index in [0.29, 0.717) is 6.07 Å². The number of hydrogen-bond acceptors (Lipinski definition) is 0. The average molecular weight is 158 g/mol. The van der Waals surface area contributed by atoms with E-state index in [1.54, 1.807) is 0 Å². The normalized spacial score (nSPS) is 9.90. The Morgan fingerprint density at radius 3 is 2.40 bits per heavy atom. The molecule has 0 heterocycles. The molecule has 1 aromatic carbocycles. The molecule has 0 N–H and O–H groups in total. The monoisotopic (exact) mass is 158 g/mol. The van der Waals surface area contributed by atoms with Crippen molar-refractivity contribution in [3.05, 3.63) is 28.8 Å². The molecule has 1 rings (SSSR count). The molecule has 50 valence electrons. The van der Waals surface area contributed by atoms with Crippen molar-refractivity contribution in [3.8, 4) is 0 Å². The van der Waals surface area contributed by atoms with Gasteiger partial charge in [-0.1, -0.05) is 11.6 Å². The summed E-state index contributed by atoms with van der Waals surface area (Å²) in [5.74, 6) is -1.55. The molecular formula is C6H2BClF2. The van der Waals surface area contributed by atoms with Gasteiger partial charge in [0.25, 0.3) is 0 Å². The smallest absolute Gasteiger partial charge is 0.127 e. The van der Waals surface area contributed by atoms with Crippen LogP contribution in [-0.4, -0.2) is 7.85 Å². The van der Waals surface area contributed by atoms with Crippen LogP contribution >= 0.6 is 11.6 Å². The van der Waals surface area contributed by atoms with Crippen LogP contribution in [0.2, 0.25) is 5.02 Å². The summed E-state index contributed by atoms with van der Waals surface area (Å²) in [6.45, 7) is 0. The molecule has 10 heavy (non-hydrogen) atoms. The van der Waals surface area contributed by atoms with Crippen LogP contribution in [0.15, 0.2) is 12.1 Å². The third-order valence-corrected chi connectivity index (χ3v) is 1.36. The molecule has 0 atom stereocenters. The summed E-state index contributed by atoms with van der Waals surface area (Å²) in [5.41, 5.74) is -0.219. The second-order valence-electron chi connectivity index (χ2n) is 1.78. The van der Waals surface area contributed by atoms with Crippen molar-refractivity contribution in [1.82, 2.24) is 0 Å². The molecule has 1 aromatic rings. The van der Waals surface area contributed by atoms with Gasteiger partial charge in [-0.2, -0.15) is 0 Å². The van der Waals surface area contributed by atoms with Crippen LogP contribution in [0.25, 0.3) is 0 Å². The third-order valence-electron chi connectivity index (χ3n) is 1.04. The zero-order chi connectivity index (χ0) is 7.72. The Kier molecular flexibility index (Phi) is 1.95. The van der Waals surface area contributed by atoms with E-state index >= 15 is 0 Å². The van der Waals surface area contributed by atoms with Crippen LogP contribution in [0, 0.1) is 11.6 Å². The molecule has 0 aliphatic heterocycles. The lowest BCUT2D eigenvalue weighted by Gasteiger charge is -1.98. The quantitative estimate of drug-likeness (QED) is 0.501. The first-order chi connectivity index (χ1) is 4.61. The molecule has 0 aliphatic carbocycles. The predicted molar refractivity (Wildman–Crippen MR) is 36.8 cm³/mol. The first kappa shape index (κ1) is 7.54. The zero-order valence-corrected chi connectivity index (χ0v) is 5.62. The van der Waals surface area contributed by atoms with Gasteiger partial charge in [0.1, 0.15) is 19.5 Å². The van der Waals surface area contributed by atoms with Crippen LogP contribution in [0.4, 0.5) is 8.78 Å². The highest BCUT2D eigenvalue weighted by Gasteiger charge is 2.03. The summed E-state index contributed by atoms with van der Waals surface area (Å²) in [6, 6.07) is 1.64. The fourth-order valence-corrected chi connectivity index (χ4v) is 0.748. The molecule has 0 spiro atoms. The van der Waals surface area contributed by atoms with Gasteiger partial charge < -0.3 is 0 Å². The van der Waals surface area contributed by atoms with Crippen LogP contribution in [0.5, 0.6) is 0 Å². The van der Waals surface area contributed by atoms with E-state index < -0.39 is 11.6 Å². The third kappa shape index (κ3) is 1.29. The number of rotatable bonds is 0. The Hall–Kier alpha value is -0.565. The second-order valence-corrected chi connectivity index (χ2v) is 2.19. The molecule has 0 saturated heterocycles. The van der Waals surface area contributed by atoms with E-state index in [0.717, 1.165) is 6.07 Å². The highest BCUT2D eigenvalue weighted by Crippen LogP contribution is 2.08. The topological polar surface area (TPSA) is 0 Å². The standard InChI is InChI=1S/C6H2BClF2/c7-6-4(8)1-3(9)2-5(6)10/h1-2H. The molecule has 0 amide bonds. The van der Waals surface area contributed by atoms with Gasteiger partial charge in [-0.15, -0.1) is 0 Å². The van der Waals surface area contributed by atoms with E-state index in [9.17, 15) is 8.78 Å². The van der Waals surface area contributed by atoms with Crippen molar-refractivity contribution in [2.45, 2.75) is 0 Å². The molecule has 2 radical (unpaired) electrons. The van der Waals surface area contributed by atoms with Gasteiger partial charge in [-0.25, -0.2) is 8.78 Å². The van der Waals surface area contributed by atoms with Crippen molar-refractivity contribution in [2.75, 3.05) is 0 Å². The van der Waals surface area contributed by atoms with Crippen molar-refractivity contribution in [1.29, 1.82) is 0 Å². The lowest BCUT2D eigenvalue weighted by molar-refractivity contribution is 0.588.